The van der Waals surface area contributed by atoms with E-state index in [2.05, 4.69) is 11.1 Å². The molecule has 12 heteroatoms. The van der Waals surface area contributed by atoms with Gasteiger partial charge < -0.3 is 4.18 Å². The van der Waals surface area contributed by atoms with Crippen LogP contribution in [0.5, 0.6) is 5.75 Å². The highest BCUT2D eigenvalue weighted by Crippen LogP contribution is 2.39. The highest BCUT2D eigenvalue weighted by Gasteiger charge is 2.48. The van der Waals surface area contributed by atoms with Crippen LogP contribution in [0, 0.1) is 17.2 Å². The maximum absolute atomic E-state index is 12.5. The Balaban J connectivity index is 0.000000981. The maximum Gasteiger partial charge on any atom is 0.534 e. The molecule has 33 heavy (non-hydrogen) atoms. The van der Waals surface area contributed by atoms with Crippen LogP contribution >= 0.6 is 0 Å². The smallest absolute Gasteiger partial charge is 0.375 e. The Morgan fingerprint density at radius 3 is 2.15 bits per heavy atom. The fourth-order valence-corrected chi connectivity index (χ4v) is 4.25. The molecule has 1 saturated carbocycles. The lowest BCUT2D eigenvalue weighted by atomic mass is 9.77. The van der Waals surface area contributed by atoms with Crippen LogP contribution < -0.4 is 4.18 Å². The van der Waals surface area contributed by atoms with Crippen LogP contribution in [0.4, 0.5) is 13.2 Å². The van der Waals surface area contributed by atoms with E-state index in [1.807, 2.05) is 0 Å². The molecule has 0 saturated heterocycles. The molecule has 2 rings (SSSR count). The molecule has 0 spiro atoms. The SMILES string of the molecule is CCCCCCC1CCC(c2ccc(OS(=O)(=O)C(F)(F)F)c(C#N)c2)CC1.CS(=O)(=O)O. The zero-order valence-electron chi connectivity index (χ0n) is 18.6. The summed E-state index contributed by atoms with van der Waals surface area (Å²) in [7, 11) is -9.46. The Morgan fingerprint density at radius 1 is 1.09 bits per heavy atom. The third-order valence-electron chi connectivity index (χ3n) is 5.39. The van der Waals surface area contributed by atoms with Gasteiger partial charge in [0.1, 0.15) is 6.07 Å². The molecule has 1 aromatic carbocycles. The Labute approximate surface area is 193 Å². The topological polar surface area (TPSA) is 122 Å². The van der Waals surface area contributed by atoms with Crippen molar-refractivity contribution in [1.29, 1.82) is 5.26 Å². The second-order valence-corrected chi connectivity index (χ2v) is 11.2. The summed E-state index contributed by atoms with van der Waals surface area (Å²) in [6.45, 7) is 2.19. The molecule has 0 atom stereocenters. The lowest BCUT2D eigenvalue weighted by molar-refractivity contribution is -0.0500. The van der Waals surface area contributed by atoms with Gasteiger partial charge in [-0.05, 0) is 55.2 Å². The van der Waals surface area contributed by atoms with E-state index in [1.165, 1.54) is 38.2 Å². The Bertz CT molecular complexity index is 1000. The van der Waals surface area contributed by atoms with Crippen molar-refractivity contribution >= 4 is 20.2 Å². The highest BCUT2D eigenvalue weighted by molar-refractivity contribution is 7.88. The van der Waals surface area contributed by atoms with Crippen LogP contribution in [0.25, 0.3) is 0 Å². The molecule has 0 aromatic heterocycles. The third kappa shape index (κ3) is 10.8. The zero-order valence-corrected chi connectivity index (χ0v) is 20.3. The Hall–Kier alpha value is -1.84. The first-order valence-electron chi connectivity index (χ1n) is 10.6. The third-order valence-corrected chi connectivity index (χ3v) is 6.36. The molecule has 188 valence electrons. The minimum atomic E-state index is -5.79. The molecule has 0 bridgehead atoms. The van der Waals surface area contributed by atoms with Crippen molar-refractivity contribution in [3.8, 4) is 11.8 Å². The summed E-state index contributed by atoms with van der Waals surface area (Å²) < 4.78 is 89.9. The summed E-state index contributed by atoms with van der Waals surface area (Å²) in [5.74, 6) is 0.350. The number of rotatable bonds is 8. The van der Waals surface area contributed by atoms with Gasteiger partial charge in [0, 0.05) is 0 Å². The van der Waals surface area contributed by atoms with Crippen molar-refractivity contribution in [2.24, 2.45) is 5.92 Å². The van der Waals surface area contributed by atoms with Crippen LogP contribution in [0.2, 0.25) is 0 Å². The molecule has 1 N–H and O–H groups in total. The molecular formula is C21H30F3NO6S2. The van der Waals surface area contributed by atoms with Crippen molar-refractivity contribution in [2.45, 2.75) is 76.1 Å². The van der Waals surface area contributed by atoms with Crippen molar-refractivity contribution in [3.05, 3.63) is 29.3 Å². The van der Waals surface area contributed by atoms with Gasteiger partial charge in [-0.2, -0.15) is 35.3 Å². The summed E-state index contributed by atoms with van der Waals surface area (Å²) in [5, 5.41) is 9.22. The van der Waals surface area contributed by atoms with Gasteiger partial charge in [0.15, 0.2) is 5.75 Å². The van der Waals surface area contributed by atoms with E-state index in [4.69, 9.17) is 4.55 Å². The molecule has 1 aromatic rings. The molecule has 0 aliphatic heterocycles. The number of nitriles is 1. The number of halogens is 3. The van der Waals surface area contributed by atoms with Crippen LogP contribution in [0.15, 0.2) is 18.2 Å². The van der Waals surface area contributed by atoms with E-state index in [9.17, 15) is 35.3 Å². The van der Waals surface area contributed by atoms with Gasteiger partial charge in [-0.25, -0.2) is 0 Å². The van der Waals surface area contributed by atoms with Gasteiger partial charge in [0.25, 0.3) is 10.1 Å². The summed E-state index contributed by atoms with van der Waals surface area (Å²) >= 11 is 0. The first-order chi connectivity index (χ1) is 15.2. The minimum Gasteiger partial charge on any atom is -0.375 e. The van der Waals surface area contributed by atoms with Crippen LogP contribution in [0.3, 0.4) is 0 Å². The summed E-state index contributed by atoms with van der Waals surface area (Å²) in [5.41, 5.74) is -4.89. The summed E-state index contributed by atoms with van der Waals surface area (Å²) in [6.07, 6.45) is 11.1. The summed E-state index contributed by atoms with van der Waals surface area (Å²) in [6, 6.07) is 5.90. The lowest BCUT2D eigenvalue weighted by Gasteiger charge is -2.29. The molecular weight excluding hydrogens is 483 g/mol. The second-order valence-electron chi connectivity index (χ2n) is 8.15. The molecule has 1 aliphatic rings. The Kier molecular flexibility index (Phi) is 11.1. The molecule has 1 fully saturated rings. The standard InChI is InChI=1S/C20H26F3NO3S.CH4O3S/c1-2-3-4-5-6-15-7-9-16(10-8-15)17-11-12-19(18(13-17)14-24)27-28(25,26)20(21,22)23;1-5(2,3)4/h11-13,15-16H,2-10H2,1H3;1H3,(H,2,3,4). The first kappa shape index (κ1) is 29.2. The van der Waals surface area contributed by atoms with Crippen LogP contribution in [-0.4, -0.2) is 33.2 Å². The maximum atomic E-state index is 12.5. The number of alkyl halides is 3. The number of nitrogens with zero attached hydrogens (tertiary/aromatic N) is 1. The number of benzene rings is 1. The monoisotopic (exact) mass is 513 g/mol. The second kappa shape index (κ2) is 12.6. The van der Waals surface area contributed by atoms with Crippen molar-refractivity contribution in [2.75, 3.05) is 6.26 Å². The lowest BCUT2D eigenvalue weighted by Crippen LogP contribution is -2.28. The van der Waals surface area contributed by atoms with Gasteiger partial charge in [-0.3, -0.25) is 4.55 Å². The van der Waals surface area contributed by atoms with Crippen molar-refractivity contribution in [3.63, 3.8) is 0 Å². The quantitative estimate of drug-likeness (QED) is 0.210. The van der Waals surface area contributed by atoms with E-state index in [1.54, 1.807) is 12.1 Å². The van der Waals surface area contributed by atoms with E-state index in [-0.39, 0.29) is 11.5 Å². The van der Waals surface area contributed by atoms with Gasteiger partial charge in [0.05, 0.1) is 11.8 Å². The number of hydrogen-bond donors (Lipinski definition) is 1. The molecule has 1 aliphatic carbocycles. The molecule has 7 nitrogen and oxygen atoms in total. The van der Waals surface area contributed by atoms with Gasteiger partial charge >= 0.3 is 15.6 Å². The van der Waals surface area contributed by atoms with E-state index in [0.29, 0.717) is 12.2 Å². The van der Waals surface area contributed by atoms with Crippen molar-refractivity contribution < 1.29 is 38.7 Å². The predicted octanol–water partition coefficient (Wildman–Crippen LogP) is 5.53. The largest absolute Gasteiger partial charge is 0.534 e. The van der Waals surface area contributed by atoms with Crippen molar-refractivity contribution in [1.82, 2.24) is 0 Å². The molecule has 0 unspecified atom stereocenters. The fraction of sp³-hybridized carbons (Fsp3) is 0.667. The predicted molar refractivity (Wildman–Crippen MR) is 118 cm³/mol. The Morgan fingerprint density at radius 2 is 1.67 bits per heavy atom. The highest BCUT2D eigenvalue weighted by atomic mass is 32.2. The first-order valence-corrected chi connectivity index (χ1v) is 13.9. The average Bonchev–Trinajstić information content (AvgIpc) is 2.70. The number of hydrogen-bond acceptors (Lipinski definition) is 6. The molecule has 0 radical (unpaired) electrons. The molecule has 0 amide bonds. The van der Waals surface area contributed by atoms with E-state index in [0.717, 1.165) is 37.3 Å². The normalized spacial score (nSPS) is 19.2. The fourth-order valence-electron chi connectivity index (χ4n) is 3.77. The van der Waals surface area contributed by atoms with Gasteiger partial charge in [-0.1, -0.05) is 45.1 Å². The zero-order chi connectivity index (χ0) is 25.3. The average molecular weight is 514 g/mol. The van der Waals surface area contributed by atoms with Gasteiger partial charge in [0.2, 0.25) is 0 Å². The molecule has 0 heterocycles. The van der Waals surface area contributed by atoms with Crippen LogP contribution in [0.1, 0.15) is 81.8 Å². The van der Waals surface area contributed by atoms with E-state index >= 15 is 0 Å². The van der Waals surface area contributed by atoms with E-state index < -0.39 is 31.5 Å². The minimum absolute atomic E-state index is 0.202. The summed E-state index contributed by atoms with van der Waals surface area (Å²) in [4.78, 5) is 0. The van der Waals surface area contributed by atoms with Crippen LogP contribution in [-0.2, 0) is 20.2 Å². The number of unbranched alkanes of at least 4 members (excludes halogenated alkanes) is 3. The van der Waals surface area contributed by atoms with Gasteiger partial charge in [-0.15, -0.1) is 0 Å².